The van der Waals surface area contributed by atoms with Crippen molar-refractivity contribution in [2.75, 3.05) is 0 Å². The van der Waals surface area contributed by atoms with Gasteiger partial charge in [0.2, 0.25) is 0 Å². The van der Waals surface area contributed by atoms with Gasteiger partial charge in [-0.1, -0.05) is 35.4 Å². The van der Waals surface area contributed by atoms with Gasteiger partial charge in [0.15, 0.2) is 11.5 Å². The first kappa shape index (κ1) is 16.5. The molecule has 0 amide bonds. The molecule has 0 spiro atoms. The predicted octanol–water partition coefficient (Wildman–Crippen LogP) is 5.15. The van der Waals surface area contributed by atoms with Crippen molar-refractivity contribution in [3.8, 4) is 11.5 Å². The molecule has 21 heavy (non-hydrogen) atoms. The number of hydrogen-bond donors (Lipinski definition) is 0. The van der Waals surface area contributed by atoms with E-state index in [-0.39, 0.29) is 0 Å². The van der Waals surface area contributed by atoms with Crippen molar-refractivity contribution in [1.82, 2.24) is 0 Å². The first-order valence-electron chi connectivity index (χ1n) is 6.61. The predicted molar refractivity (Wildman–Crippen MR) is 94.7 cm³/mol. The molecule has 0 aromatic heterocycles. The van der Waals surface area contributed by atoms with E-state index >= 15 is 0 Å². The van der Waals surface area contributed by atoms with E-state index in [9.17, 15) is 0 Å². The van der Waals surface area contributed by atoms with Gasteiger partial charge in [-0.25, -0.2) is 0 Å². The van der Waals surface area contributed by atoms with Crippen molar-refractivity contribution in [2.24, 2.45) is 0 Å². The smallest absolute Gasteiger partial charge is 0.176 e. The number of aryl methyl sites for hydroxylation is 4. The van der Waals surface area contributed by atoms with E-state index in [1.54, 1.807) is 0 Å². The van der Waals surface area contributed by atoms with Gasteiger partial charge in [-0.3, -0.25) is 0 Å². The summed E-state index contributed by atoms with van der Waals surface area (Å²) in [4.78, 5) is 0. The van der Waals surface area contributed by atoms with Crippen LogP contribution >= 0.6 is 6.12 Å². The molecule has 0 atom stereocenters. The van der Waals surface area contributed by atoms with Crippen LogP contribution in [0.5, 0.6) is 11.5 Å². The van der Waals surface area contributed by atoms with Crippen molar-refractivity contribution in [3.63, 3.8) is 0 Å². The lowest BCUT2D eigenvalue weighted by atomic mass is 10.1. The fraction of sp³-hybridized carbons (Fsp3) is 0.250. The minimum absolute atomic E-state index is 0.698. The maximum absolute atomic E-state index is 5.80. The summed E-state index contributed by atoms with van der Waals surface area (Å²) >= 11 is 10.7. The second-order valence-corrected chi connectivity index (χ2v) is 10.0. The fourth-order valence-corrected chi connectivity index (χ4v) is 3.96. The third-order valence-corrected chi connectivity index (χ3v) is 4.82. The molecular formula is C16H18O2PS2-. The quantitative estimate of drug-likeness (QED) is 0.567. The molecule has 0 aliphatic rings. The Morgan fingerprint density at radius 3 is 1.43 bits per heavy atom. The summed E-state index contributed by atoms with van der Waals surface area (Å²) in [5, 5.41) is 0. The number of rotatable bonds is 4. The van der Waals surface area contributed by atoms with Gasteiger partial charge < -0.3 is 33.5 Å². The van der Waals surface area contributed by atoms with Gasteiger partial charge in [0.1, 0.15) is 6.12 Å². The topological polar surface area (TPSA) is 18.5 Å². The lowest BCUT2D eigenvalue weighted by molar-refractivity contribution is 0.499. The Morgan fingerprint density at radius 1 is 0.714 bits per heavy atom. The largest absolute Gasteiger partial charge is 0.496 e. The van der Waals surface area contributed by atoms with Crippen LogP contribution in [-0.4, -0.2) is 0 Å². The van der Waals surface area contributed by atoms with Gasteiger partial charge in [-0.05, 0) is 51.0 Å². The molecule has 112 valence electrons. The van der Waals surface area contributed by atoms with Gasteiger partial charge in [-0.15, -0.1) is 0 Å². The summed E-state index contributed by atoms with van der Waals surface area (Å²) in [7, 11) is 0. The van der Waals surface area contributed by atoms with Crippen molar-refractivity contribution < 1.29 is 9.05 Å². The van der Waals surface area contributed by atoms with Crippen molar-refractivity contribution >= 4 is 30.6 Å². The minimum Gasteiger partial charge on any atom is -0.496 e. The van der Waals surface area contributed by atoms with E-state index in [4.69, 9.17) is 33.5 Å². The summed E-state index contributed by atoms with van der Waals surface area (Å²) in [6.45, 7) is 8.02. The van der Waals surface area contributed by atoms with E-state index in [0.29, 0.717) is 11.5 Å². The highest BCUT2D eigenvalue weighted by Crippen LogP contribution is 2.56. The summed E-state index contributed by atoms with van der Waals surface area (Å²) in [5.74, 6) is 1.40. The van der Waals surface area contributed by atoms with Crippen molar-refractivity contribution in [3.05, 3.63) is 58.7 Å². The molecule has 0 radical (unpaired) electrons. The second-order valence-electron chi connectivity index (χ2n) is 5.17. The van der Waals surface area contributed by atoms with Crippen LogP contribution in [0.1, 0.15) is 22.3 Å². The molecule has 2 aromatic carbocycles. The van der Waals surface area contributed by atoms with Crippen molar-refractivity contribution in [2.45, 2.75) is 27.7 Å². The van der Waals surface area contributed by atoms with Crippen LogP contribution in [-0.2, 0) is 24.5 Å². The lowest BCUT2D eigenvalue weighted by Gasteiger charge is -2.35. The van der Waals surface area contributed by atoms with Crippen LogP contribution in [0.4, 0.5) is 0 Å². The molecule has 0 saturated carbocycles. The summed E-state index contributed by atoms with van der Waals surface area (Å²) in [5.41, 5.74) is 4.37. The normalized spacial score (nSPS) is 11.3. The molecule has 0 unspecified atom stereocenters. The average molecular weight is 337 g/mol. The van der Waals surface area contributed by atoms with Gasteiger partial charge in [-0.2, -0.15) is 0 Å². The number of hydrogen-bond acceptors (Lipinski definition) is 4. The van der Waals surface area contributed by atoms with E-state index in [1.165, 1.54) is 11.1 Å². The third kappa shape index (κ3) is 4.57. The van der Waals surface area contributed by atoms with Gasteiger partial charge in [0.05, 0.1) is 0 Å². The standard InChI is InChI=1S/C16H19O2PS2/c1-11-5-7-15(13(3)9-11)17-19(20,21)18-16-8-6-12(2)10-14(16)4/h5-10H,1-4H3,(H,20,21)/p-1. The van der Waals surface area contributed by atoms with Crippen LogP contribution in [0.3, 0.4) is 0 Å². The summed E-state index contributed by atoms with van der Waals surface area (Å²) in [6, 6.07) is 11.8. The van der Waals surface area contributed by atoms with Crippen LogP contribution in [0.2, 0.25) is 0 Å². The molecule has 0 aliphatic carbocycles. The molecule has 5 heteroatoms. The zero-order chi connectivity index (χ0) is 15.6. The van der Waals surface area contributed by atoms with E-state index < -0.39 is 6.12 Å². The molecule has 0 aliphatic heterocycles. The monoisotopic (exact) mass is 337 g/mol. The first-order valence-corrected chi connectivity index (χ1v) is 10.3. The Morgan fingerprint density at radius 2 is 1.10 bits per heavy atom. The molecule has 0 bridgehead atoms. The maximum Gasteiger partial charge on any atom is 0.176 e. The first-order chi connectivity index (χ1) is 9.77. The van der Waals surface area contributed by atoms with Gasteiger partial charge >= 0.3 is 0 Å². The zero-order valence-corrected chi connectivity index (χ0v) is 15.1. The molecular weight excluding hydrogens is 319 g/mol. The number of benzene rings is 2. The highest BCUT2D eigenvalue weighted by atomic mass is 33.1. The van der Waals surface area contributed by atoms with E-state index in [1.807, 2.05) is 64.1 Å². The van der Waals surface area contributed by atoms with Gasteiger partial charge in [0.25, 0.3) is 0 Å². The average Bonchev–Trinajstić information content (AvgIpc) is 2.36. The maximum atomic E-state index is 5.80. The molecule has 2 nitrogen and oxygen atoms in total. The van der Waals surface area contributed by atoms with Crippen LogP contribution in [0, 0.1) is 27.7 Å². The van der Waals surface area contributed by atoms with Crippen LogP contribution in [0.25, 0.3) is 0 Å². The Labute approximate surface area is 137 Å². The van der Waals surface area contributed by atoms with E-state index in [2.05, 4.69) is 0 Å². The molecule has 2 aromatic rings. The Balaban J connectivity index is 2.18. The molecule has 0 saturated heterocycles. The highest BCUT2D eigenvalue weighted by Gasteiger charge is 2.17. The highest BCUT2D eigenvalue weighted by molar-refractivity contribution is 8.70. The summed E-state index contributed by atoms with van der Waals surface area (Å²) in [6.07, 6.45) is -2.80. The minimum atomic E-state index is -2.80. The Kier molecular flexibility index (Phi) is 5.13. The SMILES string of the molecule is Cc1ccc(O[P+]([S-])([S-])Oc2ccc(C)cc2C)c(C)c1. The lowest BCUT2D eigenvalue weighted by Crippen LogP contribution is -2.05. The fourth-order valence-electron chi connectivity index (χ4n) is 2.06. The zero-order valence-electron chi connectivity index (χ0n) is 12.5. The summed E-state index contributed by atoms with van der Waals surface area (Å²) < 4.78 is 11.6. The van der Waals surface area contributed by atoms with Crippen LogP contribution < -0.4 is 9.05 Å². The molecule has 0 fully saturated rings. The molecule has 0 N–H and O–H groups in total. The second kappa shape index (κ2) is 6.51. The van der Waals surface area contributed by atoms with Gasteiger partial charge in [0, 0.05) is 0 Å². The van der Waals surface area contributed by atoms with Crippen molar-refractivity contribution in [1.29, 1.82) is 0 Å². The Hall–Kier alpha value is -0.830. The third-order valence-electron chi connectivity index (χ3n) is 3.08. The van der Waals surface area contributed by atoms with Crippen LogP contribution in [0.15, 0.2) is 36.4 Å². The molecule has 0 heterocycles. The Bertz CT molecular complexity index is 601. The van der Waals surface area contributed by atoms with E-state index in [0.717, 1.165) is 11.1 Å². The molecule has 2 rings (SSSR count).